The van der Waals surface area contributed by atoms with E-state index in [4.69, 9.17) is 4.52 Å². The monoisotopic (exact) mass is 399 g/mol. The smallest absolute Gasteiger partial charge is 0.223 e. The number of carbonyl (C=O) groups excluding carboxylic acids is 1. The van der Waals surface area contributed by atoms with E-state index in [2.05, 4.69) is 30.6 Å². The minimum Gasteiger partial charge on any atom is -0.345 e. The first-order valence-corrected chi connectivity index (χ1v) is 9.42. The van der Waals surface area contributed by atoms with Gasteiger partial charge in [0, 0.05) is 49.3 Å². The second-order valence-corrected chi connectivity index (χ2v) is 7.43. The average Bonchev–Trinajstić information content (AvgIpc) is 3.33. The fourth-order valence-electron chi connectivity index (χ4n) is 3.67. The lowest BCUT2D eigenvalue weighted by molar-refractivity contribution is -0.119. The van der Waals surface area contributed by atoms with Crippen LogP contribution in [0.4, 0.5) is 16.0 Å². The van der Waals surface area contributed by atoms with Crippen LogP contribution < -0.4 is 5.32 Å². The zero-order valence-corrected chi connectivity index (χ0v) is 16.3. The molecule has 3 aromatic heterocycles. The predicted molar refractivity (Wildman–Crippen MR) is 102 cm³/mol. The summed E-state index contributed by atoms with van der Waals surface area (Å²) in [5.41, 5.74) is 1.13. The molecule has 3 aromatic rings. The number of nitrogens with zero attached hydrogens (tertiary/aromatic N) is 5. The molecule has 0 unspecified atom stereocenters. The number of pyridine rings is 1. The van der Waals surface area contributed by atoms with Gasteiger partial charge in [-0.05, 0) is 31.9 Å². The van der Waals surface area contributed by atoms with Crippen LogP contribution in [0.3, 0.4) is 0 Å². The summed E-state index contributed by atoms with van der Waals surface area (Å²) in [5.74, 6) is 1.23. The lowest BCUT2D eigenvalue weighted by Crippen LogP contribution is -2.44. The zero-order valence-electron chi connectivity index (χ0n) is 16.3. The number of hydrogen-bond donors (Lipinski definition) is 2. The third-order valence-corrected chi connectivity index (χ3v) is 5.28. The fourth-order valence-corrected chi connectivity index (χ4v) is 3.67. The van der Waals surface area contributed by atoms with E-state index in [1.165, 1.54) is 6.07 Å². The van der Waals surface area contributed by atoms with Crippen LogP contribution in [0, 0.1) is 19.7 Å². The molecule has 1 aliphatic rings. The van der Waals surface area contributed by atoms with Crippen molar-refractivity contribution < 1.29 is 13.7 Å². The second kappa shape index (κ2) is 7.61. The van der Waals surface area contributed by atoms with Gasteiger partial charge in [0.2, 0.25) is 12.3 Å². The highest BCUT2D eigenvalue weighted by molar-refractivity contribution is 5.52. The quantitative estimate of drug-likeness (QED) is 0.612. The maximum Gasteiger partial charge on any atom is 0.223 e. The standard InChI is InChI=1S/C19H22FN7O2/c1-12-9-16(25-24-12)23-17-15(20)4-3-14(22-17)10-19(18-21-13(2)29-26-18)5-7-27(11-28)8-6-19/h3-4,9,11H,5-8,10H2,1-2H3,(H2,22,23,24,25). The van der Waals surface area contributed by atoms with Crippen LogP contribution in [0.25, 0.3) is 0 Å². The molecule has 152 valence electrons. The van der Waals surface area contributed by atoms with E-state index >= 15 is 0 Å². The molecule has 0 atom stereocenters. The summed E-state index contributed by atoms with van der Waals surface area (Å²) in [6, 6.07) is 4.82. The molecule has 1 fully saturated rings. The summed E-state index contributed by atoms with van der Waals surface area (Å²) < 4.78 is 19.5. The summed E-state index contributed by atoms with van der Waals surface area (Å²) in [5, 5.41) is 13.9. The molecule has 1 saturated heterocycles. The van der Waals surface area contributed by atoms with Crippen LogP contribution in [-0.4, -0.2) is 49.7 Å². The minimum absolute atomic E-state index is 0.110. The summed E-state index contributed by atoms with van der Waals surface area (Å²) in [4.78, 5) is 21.8. The summed E-state index contributed by atoms with van der Waals surface area (Å²) in [6.45, 7) is 4.79. The van der Waals surface area contributed by atoms with Gasteiger partial charge < -0.3 is 14.7 Å². The Morgan fingerprint density at radius 2 is 2.10 bits per heavy atom. The van der Waals surface area contributed by atoms with Crippen LogP contribution in [-0.2, 0) is 16.6 Å². The van der Waals surface area contributed by atoms with Crippen molar-refractivity contribution in [1.29, 1.82) is 0 Å². The fraction of sp³-hybridized carbons (Fsp3) is 0.421. The molecular weight excluding hydrogens is 377 g/mol. The molecule has 0 saturated carbocycles. The Hall–Kier alpha value is -3.30. The van der Waals surface area contributed by atoms with Crippen LogP contribution in [0.15, 0.2) is 22.7 Å². The highest BCUT2D eigenvalue weighted by Crippen LogP contribution is 2.37. The van der Waals surface area contributed by atoms with Gasteiger partial charge in [-0.15, -0.1) is 0 Å². The zero-order chi connectivity index (χ0) is 20.4. The number of rotatable bonds is 6. The van der Waals surface area contributed by atoms with E-state index in [9.17, 15) is 9.18 Å². The summed E-state index contributed by atoms with van der Waals surface area (Å²) in [6.07, 6.45) is 2.71. The first kappa shape index (κ1) is 19.0. The minimum atomic E-state index is -0.463. The van der Waals surface area contributed by atoms with Gasteiger partial charge in [-0.25, -0.2) is 9.37 Å². The molecule has 0 aliphatic carbocycles. The van der Waals surface area contributed by atoms with Crippen molar-refractivity contribution >= 4 is 18.0 Å². The number of likely N-dealkylation sites (tertiary alicyclic amines) is 1. The van der Waals surface area contributed by atoms with Crippen molar-refractivity contribution in [2.75, 3.05) is 18.4 Å². The van der Waals surface area contributed by atoms with Gasteiger partial charge in [-0.2, -0.15) is 10.1 Å². The molecule has 4 heterocycles. The molecule has 1 amide bonds. The molecule has 4 rings (SSSR count). The predicted octanol–water partition coefficient (Wildman–Crippen LogP) is 2.42. The van der Waals surface area contributed by atoms with Crippen molar-refractivity contribution in [3.63, 3.8) is 0 Å². The average molecular weight is 399 g/mol. The Labute approximate surface area is 166 Å². The molecule has 1 aliphatic heterocycles. The SMILES string of the molecule is Cc1cc(Nc2nc(CC3(c4noc(C)n4)CCN(C=O)CC3)ccc2F)n[nH]1. The third kappa shape index (κ3) is 3.96. The Bertz CT molecular complexity index is 1010. The van der Waals surface area contributed by atoms with E-state index in [0.29, 0.717) is 55.6 Å². The van der Waals surface area contributed by atoms with Gasteiger partial charge in [-0.1, -0.05) is 5.16 Å². The largest absolute Gasteiger partial charge is 0.345 e. The van der Waals surface area contributed by atoms with Gasteiger partial charge in [-0.3, -0.25) is 9.89 Å². The van der Waals surface area contributed by atoms with Crippen molar-refractivity contribution in [2.45, 2.75) is 38.5 Å². The molecular formula is C19H22FN7O2. The van der Waals surface area contributed by atoms with Crippen LogP contribution >= 0.6 is 0 Å². The highest BCUT2D eigenvalue weighted by Gasteiger charge is 2.40. The third-order valence-electron chi connectivity index (χ3n) is 5.28. The van der Waals surface area contributed by atoms with Crippen molar-refractivity contribution in [1.82, 2.24) is 30.2 Å². The number of aromatic nitrogens is 5. The van der Waals surface area contributed by atoms with E-state index in [1.54, 1.807) is 24.0 Å². The topological polar surface area (TPSA) is 113 Å². The van der Waals surface area contributed by atoms with E-state index < -0.39 is 11.2 Å². The lowest BCUT2D eigenvalue weighted by atomic mass is 9.74. The molecule has 0 aromatic carbocycles. The first-order chi connectivity index (χ1) is 14.0. The van der Waals surface area contributed by atoms with Crippen LogP contribution in [0.5, 0.6) is 0 Å². The molecule has 0 spiro atoms. The maximum absolute atomic E-state index is 14.3. The van der Waals surface area contributed by atoms with E-state index in [0.717, 1.165) is 12.1 Å². The number of piperidine rings is 1. The molecule has 29 heavy (non-hydrogen) atoms. The first-order valence-electron chi connectivity index (χ1n) is 9.42. The number of aromatic amines is 1. The Kier molecular flexibility index (Phi) is 4.99. The Morgan fingerprint density at radius 3 is 2.72 bits per heavy atom. The lowest BCUT2D eigenvalue weighted by Gasteiger charge is -2.38. The molecule has 9 nitrogen and oxygen atoms in total. The Balaban J connectivity index is 1.62. The van der Waals surface area contributed by atoms with Gasteiger partial charge in [0.1, 0.15) is 0 Å². The van der Waals surface area contributed by atoms with Gasteiger partial charge in [0.15, 0.2) is 23.3 Å². The van der Waals surface area contributed by atoms with Gasteiger partial charge >= 0.3 is 0 Å². The number of halogens is 1. The molecule has 10 heteroatoms. The van der Waals surface area contributed by atoms with Crippen LogP contribution in [0.2, 0.25) is 0 Å². The van der Waals surface area contributed by atoms with Crippen molar-refractivity contribution in [2.24, 2.45) is 0 Å². The van der Waals surface area contributed by atoms with Crippen molar-refractivity contribution in [3.8, 4) is 0 Å². The highest BCUT2D eigenvalue weighted by atomic mass is 19.1. The number of H-pyrrole nitrogens is 1. The molecule has 0 bridgehead atoms. The van der Waals surface area contributed by atoms with Gasteiger partial charge in [0.05, 0.1) is 0 Å². The summed E-state index contributed by atoms with van der Waals surface area (Å²) >= 11 is 0. The summed E-state index contributed by atoms with van der Waals surface area (Å²) in [7, 11) is 0. The number of nitrogens with one attached hydrogen (secondary N) is 2. The second-order valence-electron chi connectivity index (χ2n) is 7.43. The maximum atomic E-state index is 14.3. The normalized spacial score (nSPS) is 16.0. The number of anilines is 2. The number of hydrogen-bond acceptors (Lipinski definition) is 7. The number of aryl methyl sites for hydroxylation is 2. The molecule has 2 N–H and O–H groups in total. The Morgan fingerprint density at radius 1 is 1.31 bits per heavy atom. The number of carbonyl (C=O) groups is 1. The van der Waals surface area contributed by atoms with E-state index in [1.807, 2.05) is 6.92 Å². The van der Waals surface area contributed by atoms with Crippen LogP contribution in [0.1, 0.15) is 35.9 Å². The van der Waals surface area contributed by atoms with Gasteiger partial charge in [0.25, 0.3) is 0 Å². The van der Waals surface area contributed by atoms with E-state index in [-0.39, 0.29) is 5.82 Å². The van der Waals surface area contributed by atoms with Crippen molar-refractivity contribution in [3.05, 3.63) is 47.1 Å². The molecule has 0 radical (unpaired) electrons. The number of amides is 1.